The van der Waals surface area contributed by atoms with Gasteiger partial charge in [0.15, 0.2) is 4.87 Å². The van der Waals surface area contributed by atoms with Crippen molar-refractivity contribution in [2.24, 2.45) is 10.8 Å². The third-order valence-electron chi connectivity index (χ3n) is 5.58. The van der Waals surface area contributed by atoms with Crippen LogP contribution in [0.15, 0.2) is 72.1 Å². The van der Waals surface area contributed by atoms with Crippen LogP contribution in [0.5, 0.6) is 0 Å². The fourth-order valence-corrected chi connectivity index (χ4v) is 6.00. The largest absolute Gasteiger partial charge is 0.323 e. The minimum absolute atomic E-state index is 0.0769. The van der Waals surface area contributed by atoms with Gasteiger partial charge in [-0.2, -0.15) is 5.10 Å². The van der Waals surface area contributed by atoms with Gasteiger partial charge in [-0.3, -0.25) is 9.97 Å². The van der Waals surface area contributed by atoms with Gasteiger partial charge < -0.3 is 5.73 Å². The highest BCUT2D eigenvalue weighted by atomic mass is 32.2. The lowest BCUT2D eigenvalue weighted by molar-refractivity contribution is 0.472. The molecule has 2 N–H and O–H groups in total. The second-order valence-electron chi connectivity index (χ2n) is 7.95. The lowest BCUT2D eigenvalue weighted by Crippen LogP contribution is -2.39. The number of hydrogen-bond donors (Lipinski definition) is 1. The first-order valence-electron chi connectivity index (χ1n) is 10.9. The molecule has 0 aliphatic carbocycles. The van der Waals surface area contributed by atoms with Crippen LogP contribution in [0, 0.1) is 18.6 Å². The maximum Gasteiger partial charge on any atom is 0.230 e. The standard InChI is InChI=1S/C24H21F2N7S2/c1-15-30-31-23(34-15)33-24(21-7-3-5-13-29-21,11-10-19(27)20-6-2-4-12-28-20)35-22(32-33)17-14-16(25)8-9-18(17)26/h2-9,12-14,19H,10-11,27H2,1H3. The fraction of sp³-hybridized carbons (Fsp3) is 0.208. The van der Waals surface area contributed by atoms with Crippen LogP contribution < -0.4 is 10.7 Å². The zero-order valence-corrected chi connectivity index (χ0v) is 20.3. The van der Waals surface area contributed by atoms with E-state index in [-0.39, 0.29) is 11.6 Å². The van der Waals surface area contributed by atoms with E-state index in [4.69, 9.17) is 10.8 Å². The van der Waals surface area contributed by atoms with Gasteiger partial charge in [-0.15, -0.1) is 10.2 Å². The highest BCUT2D eigenvalue weighted by molar-refractivity contribution is 8.15. The average molecular weight is 510 g/mol. The van der Waals surface area contributed by atoms with Gasteiger partial charge in [-0.1, -0.05) is 35.2 Å². The van der Waals surface area contributed by atoms with Crippen molar-refractivity contribution < 1.29 is 8.78 Å². The Bertz CT molecular complexity index is 1350. The van der Waals surface area contributed by atoms with Crippen LogP contribution in [0.4, 0.5) is 13.9 Å². The molecule has 0 saturated heterocycles. The van der Waals surface area contributed by atoms with Gasteiger partial charge in [0.1, 0.15) is 21.7 Å². The second kappa shape index (κ2) is 9.76. The summed E-state index contributed by atoms with van der Waals surface area (Å²) in [5.41, 5.74) is 8.04. The third kappa shape index (κ3) is 4.66. The molecule has 5 rings (SSSR count). The van der Waals surface area contributed by atoms with Gasteiger partial charge in [0.25, 0.3) is 0 Å². The molecule has 1 aliphatic heterocycles. The summed E-state index contributed by atoms with van der Waals surface area (Å²) >= 11 is 2.67. The van der Waals surface area contributed by atoms with Crippen molar-refractivity contribution in [1.82, 2.24) is 20.2 Å². The SMILES string of the molecule is Cc1nnc(N2N=C(c3cc(F)ccc3F)SC2(CCC(N)c2ccccn2)c2ccccn2)s1. The molecular formula is C24H21F2N7S2. The maximum atomic E-state index is 14.8. The zero-order chi connectivity index (χ0) is 24.4. The highest BCUT2D eigenvalue weighted by Gasteiger charge is 2.49. The number of halogens is 2. The van der Waals surface area contributed by atoms with E-state index in [0.29, 0.717) is 28.7 Å². The molecular weight excluding hydrogens is 488 g/mol. The number of hydrazone groups is 1. The van der Waals surface area contributed by atoms with Crippen molar-refractivity contribution in [2.75, 3.05) is 5.01 Å². The summed E-state index contributed by atoms with van der Waals surface area (Å²) in [7, 11) is 0. The van der Waals surface area contributed by atoms with Crippen LogP contribution in [-0.2, 0) is 4.87 Å². The average Bonchev–Trinajstić information content (AvgIpc) is 3.49. The number of pyridine rings is 2. The number of hydrogen-bond acceptors (Lipinski definition) is 9. The van der Waals surface area contributed by atoms with Gasteiger partial charge in [0.05, 0.1) is 11.4 Å². The van der Waals surface area contributed by atoms with E-state index >= 15 is 0 Å². The zero-order valence-electron chi connectivity index (χ0n) is 18.7. The molecule has 4 heterocycles. The van der Waals surface area contributed by atoms with Crippen LogP contribution >= 0.6 is 23.1 Å². The van der Waals surface area contributed by atoms with Gasteiger partial charge in [-0.05, 0) is 62.2 Å². The molecule has 1 aliphatic rings. The Kier molecular flexibility index (Phi) is 6.54. The second-order valence-corrected chi connectivity index (χ2v) is 10.4. The van der Waals surface area contributed by atoms with Crippen molar-refractivity contribution in [3.63, 3.8) is 0 Å². The predicted molar refractivity (Wildman–Crippen MR) is 134 cm³/mol. The number of benzene rings is 1. The number of nitrogens with two attached hydrogens (primary N) is 1. The molecule has 3 aromatic heterocycles. The molecule has 11 heteroatoms. The van der Waals surface area contributed by atoms with E-state index in [2.05, 4.69) is 20.2 Å². The Morgan fingerprint density at radius 3 is 2.51 bits per heavy atom. The topological polar surface area (TPSA) is 93.2 Å². The number of nitrogens with zero attached hydrogens (tertiary/aromatic N) is 6. The van der Waals surface area contributed by atoms with E-state index in [1.165, 1.54) is 23.1 Å². The summed E-state index contributed by atoms with van der Waals surface area (Å²) < 4.78 is 28.9. The summed E-state index contributed by atoms with van der Waals surface area (Å²) in [4.78, 5) is 8.10. The van der Waals surface area contributed by atoms with Crippen molar-refractivity contribution in [3.8, 4) is 0 Å². The fourth-order valence-electron chi connectivity index (χ4n) is 3.87. The van der Waals surface area contributed by atoms with Gasteiger partial charge in [-0.25, -0.2) is 13.8 Å². The molecule has 178 valence electrons. The van der Waals surface area contributed by atoms with E-state index in [1.807, 2.05) is 43.3 Å². The number of anilines is 1. The van der Waals surface area contributed by atoms with Crippen LogP contribution in [0.25, 0.3) is 0 Å². The van der Waals surface area contributed by atoms with Crippen molar-refractivity contribution in [2.45, 2.75) is 30.7 Å². The lowest BCUT2D eigenvalue weighted by Gasteiger charge is -2.35. The summed E-state index contributed by atoms with van der Waals surface area (Å²) in [6, 6.07) is 14.2. The quantitative estimate of drug-likeness (QED) is 0.368. The van der Waals surface area contributed by atoms with Gasteiger partial charge in [0, 0.05) is 24.0 Å². The first-order chi connectivity index (χ1) is 17.0. The summed E-state index contributed by atoms with van der Waals surface area (Å²) in [6.07, 6.45) is 4.41. The van der Waals surface area contributed by atoms with Crippen molar-refractivity contribution in [3.05, 3.63) is 101 Å². The molecule has 4 aromatic rings. The first kappa shape index (κ1) is 23.5. The van der Waals surface area contributed by atoms with Crippen LogP contribution in [0.2, 0.25) is 0 Å². The Balaban J connectivity index is 1.60. The normalized spacial score (nSPS) is 18.5. The van der Waals surface area contributed by atoms with E-state index in [9.17, 15) is 8.78 Å². The minimum Gasteiger partial charge on any atom is -0.323 e. The Hall–Kier alpha value is -3.28. The first-order valence-corrected chi connectivity index (χ1v) is 12.5. The maximum absolute atomic E-state index is 14.8. The molecule has 0 amide bonds. The van der Waals surface area contributed by atoms with Gasteiger partial charge in [0.2, 0.25) is 5.13 Å². The van der Waals surface area contributed by atoms with Crippen LogP contribution in [-0.4, -0.2) is 25.2 Å². The monoisotopic (exact) mass is 509 g/mol. The predicted octanol–water partition coefficient (Wildman–Crippen LogP) is 5.16. The van der Waals surface area contributed by atoms with Crippen molar-refractivity contribution >= 4 is 33.3 Å². The molecule has 0 bridgehead atoms. The molecule has 35 heavy (non-hydrogen) atoms. The Morgan fingerprint density at radius 1 is 1.03 bits per heavy atom. The Labute approximate surface area is 209 Å². The molecule has 0 fully saturated rings. The summed E-state index contributed by atoms with van der Waals surface area (Å²) in [5.74, 6) is -1.11. The smallest absolute Gasteiger partial charge is 0.230 e. The minimum atomic E-state index is -0.909. The Morgan fingerprint density at radius 2 is 1.83 bits per heavy atom. The lowest BCUT2D eigenvalue weighted by atomic mass is 10.00. The molecule has 2 unspecified atom stereocenters. The number of aromatic nitrogens is 4. The highest BCUT2D eigenvalue weighted by Crippen LogP contribution is 2.52. The third-order valence-corrected chi connectivity index (χ3v) is 7.81. The molecule has 7 nitrogen and oxygen atoms in total. The molecule has 0 radical (unpaired) electrons. The molecule has 0 spiro atoms. The number of aryl methyl sites for hydroxylation is 1. The summed E-state index contributed by atoms with van der Waals surface area (Å²) in [5, 5.41) is 16.5. The van der Waals surface area contributed by atoms with E-state index in [1.54, 1.807) is 17.4 Å². The molecule has 1 aromatic carbocycles. The summed E-state index contributed by atoms with van der Waals surface area (Å²) in [6.45, 7) is 1.85. The van der Waals surface area contributed by atoms with Gasteiger partial charge >= 0.3 is 0 Å². The molecule has 2 atom stereocenters. The van der Waals surface area contributed by atoms with Crippen molar-refractivity contribution in [1.29, 1.82) is 0 Å². The van der Waals surface area contributed by atoms with Crippen LogP contribution in [0.3, 0.4) is 0 Å². The van der Waals surface area contributed by atoms with E-state index < -0.39 is 16.5 Å². The van der Waals surface area contributed by atoms with Crippen LogP contribution in [0.1, 0.15) is 40.8 Å². The van der Waals surface area contributed by atoms with E-state index in [0.717, 1.165) is 28.9 Å². The number of thioether (sulfide) groups is 1. The molecule has 0 saturated carbocycles. The number of rotatable bonds is 7.